The Bertz CT molecular complexity index is 769. The van der Waals surface area contributed by atoms with Gasteiger partial charge in [-0.25, -0.2) is 4.98 Å². The van der Waals surface area contributed by atoms with Crippen molar-refractivity contribution < 1.29 is 9.15 Å². The molecule has 0 radical (unpaired) electrons. The molecule has 3 rings (SSSR count). The van der Waals surface area contributed by atoms with Gasteiger partial charge in [-0.1, -0.05) is 18.2 Å². The molecule has 0 amide bonds. The minimum absolute atomic E-state index is 0. The van der Waals surface area contributed by atoms with Crippen LogP contribution in [-0.4, -0.2) is 55.2 Å². The molecule has 0 aliphatic carbocycles. The summed E-state index contributed by atoms with van der Waals surface area (Å²) in [6.07, 6.45) is 2.30. The lowest BCUT2D eigenvalue weighted by Crippen LogP contribution is -2.40. The highest BCUT2D eigenvalue weighted by Gasteiger charge is 2.20. The molecule has 31 heavy (non-hydrogen) atoms. The molecule has 1 aliphatic heterocycles. The van der Waals surface area contributed by atoms with Crippen LogP contribution in [-0.2, 0) is 6.54 Å². The summed E-state index contributed by atoms with van der Waals surface area (Å²) in [4.78, 5) is 11.7. The molecule has 0 unspecified atom stereocenters. The van der Waals surface area contributed by atoms with E-state index >= 15 is 0 Å². The number of ether oxygens (including phenoxy) is 1. The first kappa shape index (κ1) is 25.5. The number of aliphatic imine (C=N–C) groups is 1. The van der Waals surface area contributed by atoms with Gasteiger partial charge in [0.15, 0.2) is 5.96 Å². The molecule has 1 aromatic heterocycles. The van der Waals surface area contributed by atoms with Gasteiger partial charge >= 0.3 is 0 Å². The number of guanidine groups is 1. The summed E-state index contributed by atoms with van der Waals surface area (Å²) in [5.74, 6) is 4.13. The van der Waals surface area contributed by atoms with Crippen molar-refractivity contribution in [1.82, 2.24) is 20.5 Å². The number of rotatable bonds is 9. The molecule has 0 atom stereocenters. The zero-order valence-corrected chi connectivity index (χ0v) is 21.2. The highest BCUT2D eigenvalue weighted by Crippen LogP contribution is 2.20. The van der Waals surface area contributed by atoms with Crippen LogP contribution in [0.4, 0.5) is 0 Å². The second kappa shape index (κ2) is 13.6. The van der Waals surface area contributed by atoms with E-state index in [9.17, 15) is 0 Å². The van der Waals surface area contributed by atoms with Gasteiger partial charge in [-0.15, -0.1) is 24.0 Å². The number of likely N-dealkylation sites (tertiary alicyclic amines) is 1. The Labute approximate surface area is 203 Å². The summed E-state index contributed by atoms with van der Waals surface area (Å²) in [7, 11) is 0. The highest BCUT2D eigenvalue weighted by molar-refractivity contribution is 14.0. The van der Waals surface area contributed by atoms with E-state index in [4.69, 9.17) is 14.1 Å². The predicted octanol–water partition coefficient (Wildman–Crippen LogP) is 3.76. The van der Waals surface area contributed by atoms with E-state index in [2.05, 4.69) is 27.4 Å². The first-order valence-corrected chi connectivity index (χ1v) is 11.0. The standard InChI is InChI=1S/C23H35N5O2.HI/c1-4-24-23(25-12-15-29-21-8-6-5-7-9-21)26-16-20-10-13-28(14-11-20)17-22-27-18(2)19(3)30-22;/h5-9,20H,4,10-17H2,1-3H3,(H2,24,25,26);1H. The fourth-order valence-corrected chi connectivity index (χ4v) is 3.54. The third-order valence-corrected chi connectivity index (χ3v) is 5.40. The number of nitrogens with one attached hydrogen (secondary N) is 2. The number of piperidine rings is 1. The van der Waals surface area contributed by atoms with E-state index in [-0.39, 0.29) is 24.0 Å². The highest BCUT2D eigenvalue weighted by atomic mass is 127. The zero-order valence-electron chi connectivity index (χ0n) is 18.9. The average Bonchev–Trinajstić information content (AvgIpc) is 3.07. The van der Waals surface area contributed by atoms with Crippen molar-refractivity contribution in [2.45, 2.75) is 40.2 Å². The molecular formula is C23H36IN5O2. The van der Waals surface area contributed by atoms with Gasteiger partial charge in [0.05, 0.1) is 18.8 Å². The van der Waals surface area contributed by atoms with Gasteiger partial charge in [0.25, 0.3) is 0 Å². The topological polar surface area (TPSA) is 74.9 Å². The average molecular weight is 541 g/mol. The monoisotopic (exact) mass is 541 g/mol. The predicted molar refractivity (Wildman–Crippen MR) is 135 cm³/mol. The normalized spacial score (nSPS) is 15.4. The summed E-state index contributed by atoms with van der Waals surface area (Å²) in [6, 6.07) is 9.88. The lowest BCUT2D eigenvalue weighted by atomic mass is 9.97. The first-order chi connectivity index (χ1) is 14.6. The molecule has 0 bridgehead atoms. The van der Waals surface area contributed by atoms with Crippen molar-refractivity contribution in [1.29, 1.82) is 0 Å². The number of hydrogen-bond donors (Lipinski definition) is 2. The number of benzene rings is 1. The first-order valence-electron chi connectivity index (χ1n) is 11.0. The van der Waals surface area contributed by atoms with Gasteiger partial charge in [0.2, 0.25) is 5.89 Å². The van der Waals surface area contributed by atoms with Crippen molar-refractivity contribution >= 4 is 29.9 Å². The molecule has 1 fully saturated rings. The number of para-hydroxylation sites is 1. The molecule has 7 nitrogen and oxygen atoms in total. The van der Waals surface area contributed by atoms with E-state index in [1.165, 1.54) is 0 Å². The van der Waals surface area contributed by atoms with Gasteiger partial charge < -0.3 is 19.8 Å². The second-order valence-corrected chi connectivity index (χ2v) is 7.78. The van der Waals surface area contributed by atoms with Gasteiger partial charge in [0, 0.05) is 13.1 Å². The third kappa shape index (κ3) is 8.68. The quantitative estimate of drug-likeness (QED) is 0.218. The zero-order chi connectivity index (χ0) is 21.2. The maximum atomic E-state index is 5.73. The van der Waals surface area contributed by atoms with Crippen molar-refractivity contribution in [2.75, 3.05) is 39.3 Å². The largest absolute Gasteiger partial charge is 0.492 e. The fraction of sp³-hybridized carbons (Fsp3) is 0.565. The van der Waals surface area contributed by atoms with Crippen LogP contribution in [0.5, 0.6) is 5.75 Å². The fourth-order valence-electron chi connectivity index (χ4n) is 3.54. The van der Waals surface area contributed by atoms with Crippen molar-refractivity contribution in [3.63, 3.8) is 0 Å². The Morgan fingerprint density at radius 3 is 2.58 bits per heavy atom. The molecule has 2 N–H and O–H groups in total. The number of nitrogens with zero attached hydrogens (tertiary/aromatic N) is 3. The van der Waals surface area contributed by atoms with Crippen molar-refractivity contribution in [3.05, 3.63) is 47.7 Å². The van der Waals surface area contributed by atoms with Gasteiger partial charge in [-0.2, -0.15) is 0 Å². The number of oxazole rings is 1. The minimum Gasteiger partial charge on any atom is -0.492 e. The Kier molecular flexibility index (Phi) is 11.1. The van der Waals surface area contributed by atoms with Gasteiger partial charge in [0.1, 0.15) is 18.1 Å². The molecule has 0 spiro atoms. The van der Waals surface area contributed by atoms with Gasteiger partial charge in [-0.05, 0) is 64.8 Å². The molecular weight excluding hydrogens is 505 g/mol. The molecule has 0 saturated carbocycles. The van der Waals surface area contributed by atoms with Crippen LogP contribution in [0.25, 0.3) is 0 Å². The van der Waals surface area contributed by atoms with E-state index in [1.807, 2.05) is 44.2 Å². The Balaban J connectivity index is 0.00000341. The van der Waals surface area contributed by atoms with E-state index in [1.54, 1.807) is 0 Å². The summed E-state index contributed by atoms with van der Waals surface area (Å²) >= 11 is 0. The number of aryl methyl sites for hydroxylation is 2. The summed E-state index contributed by atoms with van der Waals surface area (Å²) in [5.41, 5.74) is 0.992. The molecule has 172 valence electrons. The van der Waals surface area contributed by atoms with Crippen LogP contribution in [0, 0.1) is 19.8 Å². The van der Waals surface area contributed by atoms with Crippen molar-refractivity contribution in [2.24, 2.45) is 10.9 Å². The summed E-state index contributed by atoms with van der Waals surface area (Å²) in [6.45, 7) is 12.0. The maximum absolute atomic E-state index is 5.73. The van der Waals surface area contributed by atoms with Crippen LogP contribution in [0.1, 0.15) is 37.1 Å². The Morgan fingerprint density at radius 2 is 1.94 bits per heavy atom. The van der Waals surface area contributed by atoms with Crippen LogP contribution >= 0.6 is 24.0 Å². The van der Waals surface area contributed by atoms with Crippen molar-refractivity contribution in [3.8, 4) is 5.75 Å². The number of halogens is 1. The third-order valence-electron chi connectivity index (χ3n) is 5.40. The number of hydrogen-bond acceptors (Lipinski definition) is 5. The minimum atomic E-state index is 0. The lowest BCUT2D eigenvalue weighted by molar-refractivity contribution is 0.166. The van der Waals surface area contributed by atoms with Crippen LogP contribution < -0.4 is 15.4 Å². The molecule has 1 saturated heterocycles. The van der Waals surface area contributed by atoms with Gasteiger partial charge in [-0.3, -0.25) is 9.89 Å². The molecule has 8 heteroatoms. The maximum Gasteiger partial charge on any atom is 0.208 e. The number of aromatic nitrogens is 1. The Morgan fingerprint density at radius 1 is 1.19 bits per heavy atom. The Hall–Kier alpha value is -1.81. The van der Waals surface area contributed by atoms with Crippen LogP contribution in [0.3, 0.4) is 0 Å². The molecule has 2 heterocycles. The van der Waals surface area contributed by atoms with E-state index in [0.29, 0.717) is 19.1 Å². The second-order valence-electron chi connectivity index (χ2n) is 7.78. The smallest absolute Gasteiger partial charge is 0.208 e. The van der Waals surface area contributed by atoms with Crippen LogP contribution in [0.15, 0.2) is 39.7 Å². The summed E-state index contributed by atoms with van der Waals surface area (Å²) in [5, 5.41) is 6.68. The van der Waals surface area contributed by atoms with Crippen LogP contribution in [0.2, 0.25) is 0 Å². The molecule has 2 aromatic rings. The molecule has 1 aliphatic rings. The summed E-state index contributed by atoms with van der Waals surface area (Å²) < 4.78 is 11.5. The SMILES string of the molecule is CCNC(=NCC1CCN(Cc2nc(C)c(C)o2)CC1)NCCOc1ccccc1.I. The van der Waals surface area contributed by atoms with E-state index in [0.717, 1.165) is 74.6 Å². The molecule has 1 aromatic carbocycles. The van der Waals surface area contributed by atoms with E-state index < -0.39 is 0 Å². The lowest BCUT2D eigenvalue weighted by Gasteiger charge is -2.30.